The van der Waals surface area contributed by atoms with E-state index in [2.05, 4.69) is 4.98 Å². The molecule has 0 amide bonds. The highest BCUT2D eigenvalue weighted by Crippen LogP contribution is 2.34. The molecule has 0 fully saturated rings. The van der Waals surface area contributed by atoms with Gasteiger partial charge in [-0.3, -0.25) is 0 Å². The number of ether oxygens (including phenoxy) is 2. The monoisotopic (exact) mass is 487 g/mol. The van der Waals surface area contributed by atoms with E-state index in [1.165, 1.54) is 18.2 Å². The van der Waals surface area contributed by atoms with Crippen molar-refractivity contribution in [2.45, 2.75) is 13.5 Å². The van der Waals surface area contributed by atoms with Crippen molar-refractivity contribution in [3.8, 4) is 40.5 Å². The van der Waals surface area contributed by atoms with Gasteiger partial charge in [0, 0.05) is 12.6 Å². The fraction of sp³-hybridized carbons (Fsp3) is 0.0741. The first kappa shape index (κ1) is 24.3. The van der Waals surface area contributed by atoms with Gasteiger partial charge in [0.05, 0.1) is 11.6 Å². The Balaban J connectivity index is 1.71. The van der Waals surface area contributed by atoms with Crippen LogP contribution in [0.3, 0.4) is 0 Å². The number of halogens is 2. The molecule has 0 saturated carbocycles. The number of rotatable bonds is 7. The lowest BCUT2D eigenvalue weighted by molar-refractivity contribution is 0.0694. The SMILES string of the molecule is Cc1ccc(C(=O)O)c(Oc2nc(Oc3cc(C#N)cc(-c4cccc(CN)c4)c3)c(F)cc2F)c1. The van der Waals surface area contributed by atoms with Crippen LogP contribution in [0.4, 0.5) is 8.78 Å². The molecule has 0 saturated heterocycles. The number of hydrogen-bond donors (Lipinski definition) is 2. The number of benzene rings is 3. The summed E-state index contributed by atoms with van der Waals surface area (Å²) in [6.07, 6.45) is 0. The van der Waals surface area contributed by atoms with E-state index in [4.69, 9.17) is 15.2 Å². The minimum absolute atomic E-state index is 0.0768. The zero-order valence-electron chi connectivity index (χ0n) is 19.0. The quantitative estimate of drug-likeness (QED) is 0.331. The second kappa shape index (κ2) is 10.2. The highest BCUT2D eigenvalue weighted by molar-refractivity contribution is 5.91. The zero-order chi connectivity index (χ0) is 25.8. The van der Waals surface area contributed by atoms with Crippen LogP contribution < -0.4 is 15.2 Å². The van der Waals surface area contributed by atoms with Crippen LogP contribution in [0.2, 0.25) is 0 Å². The number of carboxylic acid groups (broad SMARTS) is 1. The molecule has 7 nitrogen and oxygen atoms in total. The molecule has 180 valence electrons. The molecule has 4 rings (SSSR count). The summed E-state index contributed by atoms with van der Waals surface area (Å²) in [6.45, 7) is 2.03. The number of aromatic nitrogens is 1. The second-order valence-electron chi connectivity index (χ2n) is 7.83. The van der Waals surface area contributed by atoms with Crippen molar-refractivity contribution in [1.82, 2.24) is 4.98 Å². The number of pyridine rings is 1. The summed E-state index contributed by atoms with van der Waals surface area (Å²) in [7, 11) is 0. The number of nitrogens with zero attached hydrogens (tertiary/aromatic N) is 2. The van der Waals surface area contributed by atoms with Crippen LogP contribution in [0.5, 0.6) is 23.3 Å². The minimum atomic E-state index is -1.29. The first-order valence-electron chi connectivity index (χ1n) is 10.7. The number of hydrogen-bond acceptors (Lipinski definition) is 6. The molecular weight excluding hydrogens is 468 g/mol. The van der Waals surface area contributed by atoms with Crippen molar-refractivity contribution < 1.29 is 28.2 Å². The Morgan fingerprint density at radius 1 is 1.00 bits per heavy atom. The van der Waals surface area contributed by atoms with E-state index in [1.54, 1.807) is 25.1 Å². The van der Waals surface area contributed by atoms with Gasteiger partial charge in [-0.1, -0.05) is 24.3 Å². The van der Waals surface area contributed by atoms with Crippen molar-refractivity contribution in [2.24, 2.45) is 5.73 Å². The van der Waals surface area contributed by atoms with Crippen LogP contribution in [-0.4, -0.2) is 16.1 Å². The van der Waals surface area contributed by atoms with Crippen molar-refractivity contribution >= 4 is 5.97 Å². The molecule has 0 spiro atoms. The predicted molar refractivity (Wildman–Crippen MR) is 127 cm³/mol. The van der Waals surface area contributed by atoms with Gasteiger partial charge >= 0.3 is 5.97 Å². The van der Waals surface area contributed by atoms with Crippen LogP contribution in [0.25, 0.3) is 11.1 Å². The smallest absolute Gasteiger partial charge is 0.339 e. The molecule has 3 N–H and O–H groups in total. The molecular formula is C27H19F2N3O4. The van der Waals surface area contributed by atoms with E-state index in [0.29, 0.717) is 23.7 Å². The average Bonchev–Trinajstić information content (AvgIpc) is 2.86. The second-order valence-corrected chi connectivity index (χ2v) is 7.83. The number of nitrogens with two attached hydrogens (primary N) is 1. The number of carbonyl (C=O) groups is 1. The molecule has 1 aromatic heterocycles. The summed E-state index contributed by atoms with van der Waals surface area (Å²) < 4.78 is 40.0. The number of aromatic carboxylic acids is 1. The Labute approximate surface area is 205 Å². The van der Waals surface area contributed by atoms with Crippen molar-refractivity contribution in [3.63, 3.8) is 0 Å². The van der Waals surface area contributed by atoms with Crippen molar-refractivity contribution in [1.29, 1.82) is 5.26 Å². The van der Waals surface area contributed by atoms with Gasteiger partial charge in [0.1, 0.15) is 17.1 Å². The van der Waals surface area contributed by atoms with E-state index in [1.807, 2.05) is 30.3 Å². The highest BCUT2D eigenvalue weighted by Gasteiger charge is 2.19. The molecule has 9 heteroatoms. The zero-order valence-corrected chi connectivity index (χ0v) is 19.0. The van der Waals surface area contributed by atoms with Gasteiger partial charge in [0.2, 0.25) is 0 Å². The van der Waals surface area contributed by atoms with Crippen molar-refractivity contribution in [2.75, 3.05) is 0 Å². The van der Waals surface area contributed by atoms with E-state index in [-0.39, 0.29) is 22.6 Å². The summed E-state index contributed by atoms with van der Waals surface area (Å²) in [5.41, 5.74) is 8.65. The number of nitriles is 1. The molecule has 0 atom stereocenters. The maximum absolute atomic E-state index is 14.6. The van der Waals surface area contributed by atoms with Crippen LogP contribution in [0, 0.1) is 29.9 Å². The lowest BCUT2D eigenvalue weighted by atomic mass is 10.0. The molecule has 0 bridgehead atoms. The third-order valence-corrected chi connectivity index (χ3v) is 5.19. The van der Waals surface area contributed by atoms with Gasteiger partial charge in [0.25, 0.3) is 11.8 Å². The molecule has 1 heterocycles. The summed E-state index contributed by atoms with van der Waals surface area (Å²) >= 11 is 0. The van der Waals surface area contributed by atoms with E-state index in [0.717, 1.165) is 11.1 Å². The average molecular weight is 487 g/mol. The first-order chi connectivity index (χ1) is 17.3. The molecule has 36 heavy (non-hydrogen) atoms. The Morgan fingerprint density at radius 2 is 1.75 bits per heavy atom. The molecule has 0 radical (unpaired) electrons. The number of carboxylic acids is 1. The fourth-order valence-electron chi connectivity index (χ4n) is 3.45. The standard InChI is InChI=1S/C27H19F2N3O4/c1-15-5-6-21(27(33)34)24(7-15)36-26-23(29)12-22(28)25(32-26)35-20-10-17(14-31)9-19(11-20)18-4-2-3-16(8-18)13-30/h2-12H,13,30H2,1H3,(H,33,34). The lowest BCUT2D eigenvalue weighted by Gasteiger charge is -2.13. The van der Waals surface area contributed by atoms with Crippen LogP contribution >= 0.6 is 0 Å². The molecule has 0 aliphatic carbocycles. The predicted octanol–water partition coefficient (Wildman–Crippen LogP) is 5.95. The summed E-state index contributed by atoms with van der Waals surface area (Å²) in [5.74, 6) is -4.93. The molecule has 0 unspecified atom stereocenters. The fourth-order valence-corrected chi connectivity index (χ4v) is 3.45. The topological polar surface area (TPSA) is 118 Å². The Hall–Kier alpha value is -4.81. The molecule has 0 aliphatic heterocycles. The number of aryl methyl sites for hydroxylation is 1. The maximum atomic E-state index is 14.6. The van der Waals surface area contributed by atoms with Gasteiger partial charge in [0.15, 0.2) is 11.6 Å². The largest absolute Gasteiger partial charge is 0.478 e. The first-order valence-corrected chi connectivity index (χ1v) is 10.7. The maximum Gasteiger partial charge on any atom is 0.339 e. The Bertz CT molecular complexity index is 1520. The Morgan fingerprint density at radius 3 is 2.44 bits per heavy atom. The van der Waals surface area contributed by atoms with Gasteiger partial charge in [-0.2, -0.15) is 10.2 Å². The van der Waals surface area contributed by atoms with Gasteiger partial charge in [-0.15, -0.1) is 0 Å². The normalized spacial score (nSPS) is 10.5. The summed E-state index contributed by atoms with van der Waals surface area (Å²) in [5, 5.41) is 18.8. The van der Waals surface area contributed by atoms with Gasteiger partial charge in [-0.25, -0.2) is 13.6 Å². The molecule has 0 aliphatic rings. The van der Waals surface area contributed by atoms with E-state index < -0.39 is 29.4 Å². The highest BCUT2D eigenvalue weighted by atomic mass is 19.1. The van der Waals surface area contributed by atoms with Crippen LogP contribution in [0.15, 0.2) is 66.7 Å². The van der Waals surface area contributed by atoms with Crippen LogP contribution in [-0.2, 0) is 6.54 Å². The van der Waals surface area contributed by atoms with Gasteiger partial charge < -0.3 is 20.3 Å². The van der Waals surface area contributed by atoms with Crippen molar-refractivity contribution in [3.05, 3.63) is 101 Å². The third kappa shape index (κ3) is 5.29. The summed E-state index contributed by atoms with van der Waals surface area (Å²) in [6, 6.07) is 18.7. The van der Waals surface area contributed by atoms with Gasteiger partial charge in [-0.05, 0) is 65.6 Å². The molecule has 3 aromatic carbocycles. The molecule has 4 aromatic rings. The Kier molecular flexibility index (Phi) is 6.90. The lowest BCUT2D eigenvalue weighted by Crippen LogP contribution is -2.03. The van der Waals surface area contributed by atoms with E-state index >= 15 is 0 Å². The van der Waals surface area contributed by atoms with E-state index in [9.17, 15) is 23.9 Å². The van der Waals surface area contributed by atoms with Crippen LogP contribution in [0.1, 0.15) is 27.0 Å². The minimum Gasteiger partial charge on any atom is -0.478 e. The third-order valence-electron chi connectivity index (χ3n) is 5.19. The summed E-state index contributed by atoms with van der Waals surface area (Å²) in [4.78, 5) is 15.3.